The second-order valence-electron chi connectivity index (χ2n) is 7.93. The predicted octanol–water partition coefficient (Wildman–Crippen LogP) is 3.11. The highest BCUT2D eigenvalue weighted by Gasteiger charge is 2.40. The Morgan fingerprint density at radius 1 is 1.24 bits per heavy atom. The molecular formula is C19H29ClFN3O. The molecule has 0 radical (unpaired) electrons. The molecule has 1 unspecified atom stereocenters. The van der Waals surface area contributed by atoms with Gasteiger partial charge in [0, 0.05) is 37.4 Å². The topological polar surface area (TPSA) is 26.8 Å². The lowest BCUT2D eigenvalue weighted by Crippen LogP contribution is -2.56. The van der Waals surface area contributed by atoms with Crippen LogP contribution in [-0.4, -0.2) is 61.0 Å². The van der Waals surface area contributed by atoms with Gasteiger partial charge < -0.3 is 9.80 Å². The fourth-order valence-corrected chi connectivity index (χ4v) is 4.14. The maximum Gasteiger partial charge on any atom is 0.241 e. The second kappa shape index (κ2) is 7.60. The van der Waals surface area contributed by atoms with Crippen molar-refractivity contribution in [3.63, 3.8) is 0 Å². The zero-order valence-electron chi connectivity index (χ0n) is 15.6. The van der Waals surface area contributed by atoms with Crippen LogP contribution in [0.15, 0.2) is 18.2 Å². The summed E-state index contributed by atoms with van der Waals surface area (Å²) >= 11 is 0. The molecule has 0 saturated carbocycles. The molecule has 1 atom stereocenters. The van der Waals surface area contributed by atoms with Crippen LogP contribution in [0.1, 0.15) is 38.7 Å². The van der Waals surface area contributed by atoms with Gasteiger partial charge in [-0.1, -0.05) is 6.92 Å². The number of likely N-dealkylation sites (N-methyl/N-ethyl adjacent to an activating group) is 1. The van der Waals surface area contributed by atoms with E-state index in [4.69, 9.17) is 0 Å². The van der Waals surface area contributed by atoms with Crippen molar-refractivity contribution in [2.75, 3.05) is 44.7 Å². The van der Waals surface area contributed by atoms with E-state index in [2.05, 4.69) is 37.6 Å². The number of rotatable bonds is 2. The number of hydrogen-bond donors (Lipinski definition) is 0. The Kier molecular flexibility index (Phi) is 6.13. The van der Waals surface area contributed by atoms with Crippen molar-refractivity contribution in [3.05, 3.63) is 29.6 Å². The third kappa shape index (κ3) is 4.15. The minimum Gasteiger partial charge on any atom is -0.305 e. The monoisotopic (exact) mass is 369 g/mol. The summed E-state index contributed by atoms with van der Waals surface area (Å²) in [6.45, 7) is 10.6. The van der Waals surface area contributed by atoms with Crippen LogP contribution in [0, 0.1) is 5.82 Å². The number of nitrogens with zero attached hydrogens (tertiary/aromatic N) is 3. The van der Waals surface area contributed by atoms with Crippen molar-refractivity contribution in [2.24, 2.45) is 0 Å². The Hall–Kier alpha value is -1.17. The fourth-order valence-electron chi connectivity index (χ4n) is 4.14. The Morgan fingerprint density at radius 3 is 2.52 bits per heavy atom. The van der Waals surface area contributed by atoms with E-state index in [1.54, 1.807) is 12.1 Å². The summed E-state index contributed by atoms with van der Waals surface area (Å²) < 4.78 is 13.7. The molecule has 0 aromatic heterocycles. The van der Waals surface area contributed by atoms with Crippen molar-refractivity contribution in [3.8, 4) is 0 Å². The molecule has 0 spiro atoms. The van der Waals surface area contributed by atoms with Gasteiger partial charge in [-0.15, -0.1) is 12.4 Å². The fraction of sp³-hybridized carbons (Fsp3) is 0.632. The minimum atomic E-state index is -0.256. The van der Waals surface area contributed by atoms with Crippen LogP contribution >= 0.6 is 12.4 Å². The van der Waals surface area contributed by atoms with Gasteiger partial charge in [0.05, 0.1) is 6.54 Å². The van der Waals surface area contributed by atoms with E-state index < -0.39 is 0 Å². The summed E-state index contributed by atoms with van der Waals surface area (Å²) in [5, 5.41) is 0. The molecule has 0 bridgehead atoms. The zero-order valence-corrected chi connectivity index (χ0v) is 16.4. The summed E-state index contributed by atoms with van der Waals surface area (Å²) in [7, 11) is 2.11. The summed E-state index contributed by atoms with van der Waals surface area (Å²) in [6, 6.07) is 4.82. The lowest BCUT2D eigenvalue weighted by Gasteiger charge is -2.46. The highest BCUT2D eigenvalue weighted by atomic mass is 35.5. The van der Waals surface area contributed by atoms with Crippen LogP contribution in [0.25, 0.3) is 0 Å². The van der Waals surface area contributed by atoms with Crippen LogP contribution in [-0.2, 0) is 4.79 Å². The molecule has 0 N–H and O–H groups in total. The van der Waals surface area contributed by atoms with Gasteiger partial charge in [-0.3, -0.25) is 9.69 Å². The average Bonchev–Trinajstić information content (AvgIpc) is 2.49. The standard InChI is InChI=1S/C19H28FN3O.ClH/c1-14-12-19(2,3)23(17-6-5-15(20)11-16(14)17)18(24)13-22-9-7-21(4)8-10-22;/h5-6,11,14H,7-10,12-13H2,1-4H3;1H. The number of carbonyl (C=O) groups is 1. The third-order valence-electron chi connectivity index (χ3n) is 5.38. The van der Waals surface area contributed by atoms with Crippen LogP contribution in [0.4, 0.5) is 10.1 Å². The number of fused-ring (bicyclic) bond motifs is 1. The number of amides is 1. The molecule has 1 aromatic carbocycles. The largest absolute Gasteiger partial charge is 0.305 e. The van der Waals surface area contributed by atoms with Crippen LogP contribution in [0.2, 0.25) is 0 Å². The van der Waals surface area contributed by atoms with E-state index in [9.17, 15) is 9.18 Å². The Balaban J connectivity index is 0.00000225. The molecule has 2 aliphatic heterocycles. The Bertz CT molecular complexity index is 629. The smallest absolute Gasteiger partial charge is 0.241 e. The number of carbonyl (C=O) groups excluding carboxylic acids is 1. The van der Waals surface area contributed by atoms with Gasteiger partial charge in [-0.2, -0.15) is 0 Å². The summed E-state index contributed by atoms with van der Waals surface area (Å²) in [5.74, 6) is 0.134. The maximum absolute atomic E-state index is 13.7. The van der Waals surface area contributed by atoms with Crippen molar-refractivity contribution >= 4 is 24.0 Å². The van der Waals surface area contributed by atoms with Gasteiger partial charge in [0.15, 0.2) is 0 Å². The van der Waals surface area contributed by atoms with Crippen LogP contribution in [0.3, 0.4) is 0 Å². The summed E-state index contributed by atoms with van der Waals surface area (Å²) in [5.41, 5.74) is 1.56. The zero-order chi connectivity index (χ0) is 17.5. The lowest BCUT2D eigenvalue weighted by atomic mass is 9.80. The molecular weight excluding hydrogens is 341 g/mol. The highest BCUT2D eigenvalue weighted by molar-refractivity contribution is 5.97. The Labute approximate surface area is 156 Å². The summed E-state index contributed by atoms with van der Waals surface area (Å²) in [4.78, 5) is 19.5. The van der Waals surface area contributed by atoms with Crippen LogP contribution < -0.4 is 4.90 Å². The predicted molar refractivity (Wildman–Crippen MR) is 102 cm³/mol. The van der Waals surface area contributed by atoms with E-state index in [0.29, 0.717) is 6.54 Å². The SMILES string of the molecule is CC1CC(C)(C)N(C(=O)CN2CCN(C)CC2)c2ccc(F)cc21.Cl. The molecule has 140 valence electrons. The minimum absolute atomic E-state index is 0. The molecule has 1 aromatic rings. The third-order valence-corrected chi connectivity index (χ3v) is 5.38. The van der Waals surface area contributed by atoms with E-state index in [1.807, 2.05) is 4.90 Å². The molecule has 2 aliphatic rings. The number of anilines is 1. The van der Waals surface area contributed by atoms with Gasteiger partial charge in [0.1, 0.15) is 5.82 Å². The maximum atomic E-state index is 13.7. The van der Waals surface area contributed by atoms with Gasteiger partial charge in [-0.25, -0.2) is 4.39 Å². The highest BCUT2D eigenvalue weighted by Crippen LogP contribution is 2.43. The molecule has 1 fully saturated rings. The molecule has 1 amide bonds. The van der Waals surface area contributed by atoms with Crippen molar-refractivity contribution in [2.45, 2.75) is 38.6 Å². The molecule has 2 heterocycles. The Morgan fingerprint density at radius 2 is 1.88 bits per heavy atom. The lowest BCUT2D eigenvalue weighted by molar-refractivity contribution is -0.121. The average molecular weight is 370 g/mol. The number of halogens is 2. The first-order valence-corrected chi connectivity index (χ1v) is 8.81. The molecule has 0 aliphatic carbocycles. The van der Waals surface area contributed by atoms with E-state index in [1.165, 1.54) is 6.07 Å². The van der Waals surface area contributed by atoms with Gasteiger partial charge in [0.25, 0.3) is 0 Å². The molecule has 6 heteroatoms. The van der Waals surface area contributed by atoms with E-state index in [-0.39, 0.29) is 35.6 Å². The van der Waals surface area contributed by atoms with Crippen LogP contribution in [0.5, 0.6) is 0 Å². The van der Waals surface area contributed by atoms with Gasteiger partial charge in [0.2, 0.25) is 5.91 Å². The molecule has 3 rings (SSSR count). The van der Waals surface area contributed by atoms with Crippen molar-refractivity contribution in [1.82, 2.24) is 9.80 Å². The van der Waals surface area contributed by atoms with Crippen molar-refractivity contribution in [1.29, 1.82) is 0 Å². The first kappa shape index (κ1) is 20.1. The van der Waals surface area contributed by atoms with Gasteiger partial charge >= 0.3 is 0 Å². The van der Waals surface area contributed by atoms with E-state index in [0.717, 1.165) is 43.9 Å². The quantitative estimate of drug-likeness (QED) is 0.801. The first-order chi connectivity index (χ1) is 11.3. The molecule has 1 saturated heterocycles. The van der Waals surface area contributed by atoms with Gasteiger partial charge in [-0.05, 0) is 57.0 Å². The number of piperazine rings is 1. The molecule has 25 heavy (non-hydrogen) atoms. The van der Waals surface area contributed by atoms with Crippen molar-refractivity contribution < 1.29 is 9.18 Å². The first-order valence-electron chi connectivity index (χ1n) is 8.81. The number of hydrogen-bond acceptors (Lipinski definition) is 3. The normalized spacial score (nSPS) is 23.7. The summed E-state index contributed by atoms with van der Waals surface area (Å²) in [6.07, 6.45) is 0.845. The second-order valence-corrected chi connectivity index (χ2v) is 7.93. The van der Waals surface area contributed by atoms with E-state index >= 15 is 0 Å². The molecule has 4 nitrogen and oxygen atoms in total. The number of benzene rings is 1.